The molecule has 1 aromatic carbocycles. The van der Waals surface area contributed by atoms with Crippen LogP contribution < -0.4 is 10.0 Å². The molecule has 1 aliphatic rings. The predicted molar refractivity (Wildman–Crippen MR) is 108 cm³/mol. The molecular weight excluding hydrogens is 402 g/mol. The van der Waals surface area contributed by atoms with Crippen LogP contribution in [0.5, 0.6) is 0 Å². The van der Waals surface area contributed by atoms with Crippen molar-refractivity contribution in [2.45, 2.75) is 24.1 Å². The minimum Gasteiger partial charge on any atom is -0.376 e. The van der Waals surface area contributed by atoms with Crippen LogP contribution in [0.15, 0.2) is 29.4 Å². The van der Waals surface area contributed by atoms with Gasteiger partial charge in [0.05, 0.1) is 18.1 Å². The van der Waals surface area contributed by atoms with E-state index in [0.29, 0.717) is 23.2 Å². The van der Waals surface area contributed by atoms with Crippen LogP contribution in [0.25, 0.3) is 11.4 Å². The van der Waals surface area contributed by atoms with Crippen molar-refractivity contribution >= 4 is 33.4 Å². The number of nitrogens with zero attached hydrogens (tertiary/aromatic N) is 3. The van der Waals surface area contributed by atoms with Gasteiger partial charge in [0.1, 0.15) is 0 Å². The zero-order valence-electron chi connectivity index (χ0n) is 15.7. The second kappa shape index (κ2) is 8.93. The van der Waals surface area contributed by atoms with Gasteiger partial charge in [-0.3, -0.25) is 9.52 Å². The van der Waals surface area contributed by atoms with E-state index in [2.05, 4.69) is 20.2 Å². The Morgan fingerprint density at radius 1 is 1.32 bits per heavy atom. The van der Waals surface area contributed by atoms with E-state index in [9.17, 15) is 13.2 Å². The third-order valence-electron chi connectivity index (χ3n) is 4.16. The molecule has 2 heterocycles. The summed E-state index contributed by atoms with van der Waals surface area (Å²) in [5, 5.41) is 11.8. The van der Waals surface area contributed by atoms with Crippen LogP contribution in [-0.2, 0) is 26.6 Å². The lowest BCUT2D eigenvalue weighted by Gasteiger charge is -2.10. The Labute approximate surface area is 168 Å². The van der Waals surface area contributed by atoms with Crippen molar-refractivity contribution in [3.63, 3.8) is 0 Å². The molecule has 1 unspecified atom stereocenters. The number of rotatable bonds is 8. The molecule has 0 aliphatic carbocycles. The van der Waals surface area contributed by atoms with Crippen LogP contribution in [0.3, 0.4) is 0 Å². The first-order valence-corrected chi connectivity index (χ1v) is 11.7. The molecule has 1 amide bonds. The average Bonchev–Trinajstić information content (AvgIpc) is 3.27. The summed E-state index contributed by atoms with van der Waals surface area (Å²) < 4.78 is 32.3. The molecule has 152 valence electrons. The Balaban J connectivity index is 1.56. The fraction of sp³-hybridized carbons (Fsp3) is 0.471. The topological polar surface area (TPSA) is 115 Å². The van der Waals surface area contributed by atoms with Crippen molar-refractivity contribution in [2.24, 2.45) is 7.05 Å². The molecule has 3 rings (SSSR count). The van der Waals surface area contributed by atoms with Crippen molar-refractivity contribution in [1.29, 1.82) is 0 Å². The van der Waals surface area contributed by atoms with Gasteiger partial charge in [0.15, 0.2) is 11.0 Å². The van der Waals surface area contributed by atoms with E-state index in [-0.39, 0.29) is 17.8 Å². The Morgan fingerprint density at radius 2 is 2.07 bits per heavy atom. The summed E-state index contributed by atoms with van der Waals surface area (Å²) >= 11 is 1.31. The van der Waals surface area contributed by atoms with Crippen molar-refractivity contribution in [3.8, 4) is 11.4 Å². The predicted octanol–water partition coefficient (Wildman–Crippen LogP) is 1.24. The molecule has 1 saturated heterocycles. The van der Waals surface area contributed by atoms with Gasteiger partial charge < -0.3 is 14.6 Å². The van der Waals surface area contributed by atoms with Gasteiger partial charge in [0.2, 0.25) is 15.9 Å². The lowest BCUT2D eigenvalue weighted by Crippen LogP contribution is -2.32. The number of ether oxygens (including phenoxy) is 1. The Hall–Kier alpha value is -2.11. The van der Waals surface area contributed by atoms with Gasteiger partial charge in [-0.25, -0.2) is 8.42 Å². The monoisotopic (exact) mass is 425 g/mol. The molecule has 1 atom stereocenters. The van der Waals surface area contributed by atoms with E-state index < -0.39 is 10.0 Å². The highest BCUT2D eigenvalue weighted by Gasteiger charge is 2.17. The Bertz CT molecular complexity index is 922. The molecule has 0 radical (unpaired) electrons. The summed E-state index contributed by atoms with van der Waals surface area (Å²) in [6, 6.07) is 6.85. The van der Waals surface area contributed by atoms with Gasteiger partial charge in [0, 0.05) is 31.5 Å². The number of anilines is 1. The zero-order valence-corrected chi connectivity index (χ0v) is 17.3. The van der Waals surface area contributed by atoms with Gasteiger partial charge in [-0.05, 0) is 37.1 Å². The van der Waals surface area contributed by atoms with Crippen molar-refractivity contribution < 1.29 is 17.9 Å². The minimum absolute atomic E-state index is 0.0683. The maximum atomic E-state index is 12.0. The van der Waals surface area contributed by atoms with Crippen LogP contribution in [0, 0.1) is 0 Å². The second-order valence-corrected chi connectivity index (χ2v) is 9.24. The molecule has 1 aromatic heterocycles. The van der Waals surface area contributed by atoms with E-state index in [1.807, 2.05) is 7.05 Å². The summed E-state index contributed by atoms with van der Waals surface area (Å²) in [5.74, 6) is 0.810. The Kier molecular flexibility index (Phi) is 6.57. The number of hydrogen-bond donors (Lipinski definition) is 2. The number of benzene rings is 1. The molecule has 1 fully saturated rings. The van der Waals surface area contributed by atoms with Crippen molar-refractivity contribution in [1.82, 2.24) is 20.1 Å². The highest BCUT2D eigenvalue weighted by molar-refractivity contribution is 7.99. The van der Waals surface area contributed by atoms with E-state index in [1.165, 1.54) is 11.8 Å². The van der Waals surface area contributed by atoms with Crippen molar-refractivity contribution in [2.75, 3.05) is 29.9 Å². The highest BCUT2D eigenvalue weighted by Crippen LogP contribution is 2.24. The van der Waals surface area contributed by atoms with Crippen LogP contribution in [0.2, 0.25) is 0 Å². The van der Waals surface area contributed by atoms with E-state index in [4.69, 9.17) is 4.74 Å². The lowest BCUT2D eigenvalue weighted by molar-refractivity contribution is -0.119. The quantitative estimate of drug-likeness (QED) is 0.612. The van der Waals surface area contributed by atoms with Crippen molar-refractivity contribution in [3.05, 3.63) is 24.3 Å². The van der Waals surface area contributed by atoms with Crippen LogP contribution in [-0.4, -0.2) is 60.4 Å². The molecule has 0 saturated carbocycles. The number of carbonyl (C=O) groups is 1. The van der Waals surface area contributed by atoms with Gasteiger partial charge in [-0.2, -0.15) is 0 Å². The fourth-order valence-electron chi connectivity index (χ4n) is 2.81. The molecule has 2 N–H and O–H groups in total. The van der Waals surface area contributed by atoms with Gasteiger partial charge in [-0.1, -0.05) is 11.8 Å². The second-order valence-electron chi connectivity index (χ2n) is 6.54. The van der Waals surface area contributed by atoms with Gasteiger partial charge >= 0.3 is 0 Å². The molecule has 28 heavy (non-hydrogen) atoms. The highest BCUT2D eigenvalue weighted by atomic mass is 32.2. The molecular formula is C17H23N5O4S2. The number of sulfonamides is 1. The van der Waals surface area contributed by atoms with Crippen LogP contribution >= 0.6 is 11.8 Å². The normalized spacial score (nSPS) is 16.9. The summed E-state index contributed by atoms with van der Waals surface area (Å²) in [4.78, 5) is 12.0. The van der Waals surface area contributed by atoms with Gasteiger partial charge in [-0.15, -0.1) is 10.2 Å². The summed E-state index contributed by atoms with van der Waals surface area (Å²) in [5.41, 5.74) is 1.27. The molecule has 9 nitrogen and oxygen atoms in total. The largest absolute Gasteiger partial charge is 0.376 e. The summed E-state index contributed by atoms with van der Waals surface area (Å²) in [6.45, 7) is 1.31. The van der Waals surface area contributed by atoms with E-state index >= 15 is 0 Å². The summed E-state index contributed by atoms with van der Waals surface area (Å²) in [6.07, 6.45) is 3.25. The number of hydrogen-bond acceptors (Lipinski definition) is 7. The zero-order chi connectivity index (χ0) is 20.1. The van der Waals surface area contributed by atoms with Crippen LogP contribution in [0.1, 0.15) is 12.8 Å². The first kappa shape index (κ1) is 20.6. The molecule has 0 bridgehead atoms. The Morgan fingerprint density at radius 3 is 2.71 bits per heavy atom. The van der Waals surface area contributed by atoms with E-state index in [0.717, 1.165) is 31.3 Å². The SMILES string of the molecule is Cn1c(SCC(=O)NCC2CCCO2)nnc1-c1ccc(NS(C)(=O)=O)cc1. The molecule has 11 heteroatoms. The fourth-order valence-corrected chi connectivity index (χ4v) is 4.11. The summed E-state index contributed by atoms with van der Waals surface area (Å²) in [7, 11) is -1.49. The average molecular weight is 426 g/mol. The number of thioether (sulfide) groups is 1. The number of carbonyl (C=O) groups excluding carboxylic acids is 1. The number of aromatic nitrogens is 3. The van der Waals surface area contributed by atoms with Gasteiger partial charge in [0.25, 0.3) is 0 Å². The first-order valence-electron chi connectivity index (χ1n) is 8.80. The maximum Gasteiger partial charge on any atom is 0.230 e. The molecule has 1 aliphatic heterocycles. The maximum absolute atomic E-state index is 12.0. The third-order valence-corrected chi connectivity index (χ3v) is 5.79. The number of nitrogens with one attached hydrogen (secondary N) is 2. The standard InChI is InChI=1S/C17H23N5O4S2/c1-22-16(12-5-7-13(8-6-12)21-28(2,24)25)19-20-17(22)27-11-15(23)18-10-14-4-3-9-26-14/h5-8,14,21H,3-4,9-11H2,1-2H3,(H,18,23). The third kappa shape index (κ3) is 5.69. The first-order chi connectivity index (χ1) is 13.3. The minimum atomic E-state index is -3.32. The van der Waals surface area contributed by atoms with Crippen LogP contribution in [0.4, 0.5) is 5.69 Å². The lowest BCUT2D eigenvalue weighted by atomic mass is 10.2. The number of amides is 1. The molecule has 2 aromatic rings. The van der Waals surface area contributed by atoms with E-state index in [1.54, 1.807) is 28.8 Å². The molecule has 0 spiro atoms. The smallest absolute Gasteiger partial charge is 0.230 e.